The molecule has 1 aliphatic rings. The maximum Gasteiger partial charge on any atom is 0.305 e. The molecule has 0 radical (unpaired) electrons. The van der Waals surface area contributed by atoms with Gasteiger partial charge in [-0.3, -0.25) is 9.69 Å². The van der Waals surface area contributed by atoms with Gasteiger partial charge in [-0.1, -0.05) is 0 Å². The Balaban J connectivity index is 1.72. The molecule has 1 aromatic heterocycles. The first-order chi connectivity index (χ1) is 9.69. The van der Waals surface area contributed by atoms with E-state index in [0.29, 0.717) is 12.2 Å². The lowest BCUT2D eigenvalue weighted by Crippen LogP contribution is -2.46. The lowest BCUT2D eigenvalue weighted by atomic mass is 10.2. The van der Waals surface area contributed by atoms with Gasteiger partial charge in [-0.2, -0.15) is 0 Å². The third-order valence-corrected chi connectivity index (χ3v) is 3.59. The molecule has 6 heteroatoms. The summed E-state index contributed by atoms with van der Waals surface area (Å²) in [5, 5.41) is 0. The minimum absolute atomic E-state index is 0.128. The Morgan fingerprint density at radius 3 is 2.70 bits per heavy atom. The molecule has 0 saturated carbocycles. The number of hydrogen-bond donors (Lipinski definition) is 1. The molecule has 2 N–H and O–H groups in total. The van der Waals surface area contributed by atoms with Crippen LogP contribution in [0.15, 0.2) is 18.3 Å². The largest absolute Gasteiger partial charge is 0.469 e. The molecule has 0 unspecified atom stereocenters. The van der Waals surface area contributed by atoms with Crippen molar-refractivity contribution in [2.75, 3.05) is 50.5 Å². The van der Waals surface area contributed by atoms with Crippen molar-refractivity contribution in [2.24, 2.45) is 0 Å². The predicted molar refractivity (Wildman–Crippen MR) is 78.6 cm³/mol. The van der Waals surface area contributed by atoms with E-state index in [9.17, 15) is 4.79 Å². The molecule has 1 fully saturated rings. The Kier molecular flexibility index (Phi) is 5.17. The Bertz CT molecular complexity index is 427. The number of carbonyl (C=O) groups excluding carboxylic acids is 1. The van der Waals surface area contributed by atoms with Gasteiger partial charge >= 0.3 is 5.97 Å². The molecule has 1 aromatic rings. The van der Waals surface area contributed by atoms with Gasteiger partial charge in [0.2, 0.25) is 0 Å². The van der Waals surface area contributed by atoms with Crippen LogP contribution in [0.5, 0.6) is 0 Å². The fourth-order valence-corrected chi connectivity index (χ4v) is 2.36. The van der Waals surface area contributed by atoms with Gasteiger partial charge in [-0.25, -0.2) is 4.98 Å². The SMILES string of the molecule is COC(=O)CCCN1CCN(c2ccc(N)nc2)CC1. The van der Waals surface area contributed by atoms with E-state index in [1.807, 2.05) is 18.3 Å². The second-order valence-corrected chi connectivity index (χ2v) is 4.95. The third kappa shape index (κ3) is 4.09. The summed E-state index contributed by atoms with van der Waals surface area (Å²) in [5.41, 5.74) is 6.71. The fourth-order valence-electron chi connectivity index (χ4n) is 2.36. The van der Waals surface area contributed by atoms with Crippen molar-refractivity contribution in [1.82, 2.24) is 9.88 Å². The van der Waals surface area contributed by atoms with Gasteiger partial charge in [0.25, 0.3) is 0 Å². The molecule has 6 nitrogen and oxygen atoms in total. The fraction of sp³-hybridized carbons (Fsp3) is 0.571. The molecule has 2 rings (SSSR count). The number of ether oxygens (including phenoxy) is 1. The summed E-state index contributed by atoms with van der Waals surface area (Å²) in [7, 11) is 1.43. The zero-order valence-electron chi connectivity index (χ0n) is 11.9. The second-order valence-electron chi connectivity index (χ2n) is 4.95. The number of anilines is 2. The van der Waals surface area contributed by atoms with E-state index in [0.717, 1.165) is 44.8 Å². The third-order valence-electron chi connectivity index (χ3n) is 3.59. The van der Waals surface area contributed by atoms with Crippen molar-refractivity contribution in [3.8, 4) is 0 Å². The molecule has 1 saturated heterocycles. The first-order valence-electron chi connectivity index (χ1n) is 6.94. The van der Waals surface area contributed by atoms with Crippen molar-refractivity contribution in [2.45, 2.75) is 12.8 Å². The molecule has 0 amide bonds. The number of esters is 1. The first-order valence-corrected chi connectivity index (χ1v) is 6.94. The number of nitrogens with two attached hydrogens (primary N) is 1. The van der Waals surface area contributed by atoms with Gasteiger partial charge in [0, 0.05) is 32.6 Å². The summed E-state index contributed by atoms with van der Waals surface area (Å²) in [5.74, 6) is 0.423. The molecule has 110 valence electrons. The zero-order chi connectivity index (χ0) is 14.4. The minimum atomic E-state index is -0.128. The van der Waals surface area contributed by atoms with E-state index in [-0.39, 0.29) is 5.97 Å². The van der Waals surface area contributed by atoms with Crippen LogP contribution in [0.1, 0.15) is 12.8 Å². The maximum absolute atomic E-state index is 11.1. The van der Waals surface area contributed by atoms with Crippen LogP contribution in [-0.2, 0) is 9.53 Å². The normalized spacial score (nSPS) is 16.1. The van der Waals surface area contributed by atoms with Crippen molar-refractivity contribution >= 4 is 17.5 Å². The van der Waals surface area contributed by atoms with Gasteiger partial charge in [0.1, 0.15) is 5.82 Å². The number of methoxy groups -OCH3 is 1. The van der Waals surface area contributed by atoms with Gasteiger partial charge in [-0.15, -0.1) is 0 Å². The number of nitrogen functional groups attached to an aromatic ring is 1. The molecule has 20 heavy (non-hydrogen) atoms. The first kappa shape index (κ1) is 14.6. The number of pyridine rings is 1. The van der Waals surface area contributed by atoms with Gasteiger partial charge < -0.3 is 15.4 Å². The predicted octanol–water partition coefficient (Wildman–Crippen LogP) is 0.739. The van der Waals surface area contributed by atoms with E-state index in [1.54, 1.807) is 0 Å². The summed E-state index contributed by atoms with van der Waals surface area (Å²) < 4.78 is 4.64. The Labute approximate surface area is 119 Å². The molecule has 1 aliphatic heterocycles. The van der Waals surface area contributed by atoms with Crippen LogP contribution in [0.25, 0.3) is 0 Å². The number of aromatic nitrogens is 1. The summed E-state index contributed by atoms with van der Waals surface area (Å²) in [4.78, 5) is 19.9. The lowest BCUT2D eigenvalue weighted by molar-refractivity contribution is -0.140. The molecular formula is C14H22N4O2. The van der Waals surface area contributed by atoms with Crippen LogP contribution in [0.2, 0.25) is 0 Å². The molecule has 0 bridgehead atoms. The van der Waals surface area contributed by atoms with Crippen LogP contribution in [-0.4, -0.2) is 55.7 Å². The van der Waals surface area contributed by atoms with Crippen LogP contribution >= 0.6 is 0 Å². The van der Waals surface area contributed by atoms with Crippen LogP contribution in [0, 0.1) is 0 Å². The molecule has 0 atom stereocenters. The zero-order valence-corrected chi connectivity index (χ0v) is 11.9. The summed E-state index contributed by atoms with van der Waals surface area (Å²) in [6, 6.07) is 3.84. The highest BCUT2D eigenvalue weighted by Gasteiger charge is 2.17. The highest BCUT2D eigenvalue weighted by atomic mass is 16.5. The van der Waals surface area contributed by atoms with E-state index in [1.165, 1.54) is 7.11 Å². The maximum atomic E-state index is 11.1. The van der Waals surface area contributed by atoms with Crippen LogP contribution in [0.3, 0.4) is 0 Å². The lowest BCUT2D eigenvalue weighted by Gasteiger charge is -2.35. The van der Waals surface area contributed by atoms with Gasteiger partial charge in [-0.05, 0) is 25.1 Å². The summed E-state index contributed by atoms with van der Waals surface area (Å²) in [6.07, 6.45) is 3.18. The van der Waals surface area contributed by atoms with Crippen LogP contribution < -0.4 is 10.6 Å². The quantitative estimate of drug-likeness (QED) is 0.801. The second kappa shape index (κ2) is 7.09. The average molecular weight is 278 g/mol. The van der Waals surface area contributed by atoms with E-state index >= 15 is 0 Å². The van der Waals surface area contributed by atoms with E-state index in [2.05, 4.69) is 19.5 Å². The van der Waals surface area contributed by atoms with Crippen molar-refractivity contribution in [3.63, 3.8) is 0 Å². The molecule has 2 heterocycles. The number of nitrogens with zero attached hydrogens (tertiary/aromatic N) is 3. The summed E-state index contributed by atoms with van der Waals surface area (Å²) in [6.45, 7) is 4.91. The molecular weight excluding hydrogens is 256 g/mol. The standard InChI is InChI=1S/C14H22N4O2/c1-20-14(19)3-2-6-17-7-9-18(10-8-17)12-4-5-13(15)16-11-12/h4-5,11H,2-3,6-10H2,1H3,(H2,15,16). The topological polar surface area (TPSA) is 71.7 Å². The molecule has 0 spiro atoms. The van der Waals surface area contributed by atoms with Crippen molar-refractivity contribution in [3.05, 3.63) is 18.3 Å². The highest BCUT2D eigenvalue weighted by molar-refractivity contribution is 5.69. The Hall–Kier alpha value is -1.82. The summed E-state index contributed by atoms with van der Waals surface area (Å²) >= 11 is 0. The molecule has 0 aliphatic carbocycles. The smallest absolute Gasteiger partial charge is 0.305 e. The van der Waals surface area contributed by atoms with Gasteiger partial charge in [0.15, 0.2) is 0 Å². The number of carbonyl (C=O) groups is 1. The van der Waals surface area contributed by atoms with E-state index < -0.39 is 0 Å². The Morgan fingerprint density at radius 1 is 1.35 bits per heavy atom. The van der Waals surface area contributed by atoms with Gasteiger partial charge in [0.05, 0.1) is 19.0 Å². The average Bonchev–Trinajstić information content (AvgIpc) is 2.48. The van der Waals surface area contributed by atoms with Crippen molar-refractivity contribution in [1.29, 1.82) is 0 Å². The molecule has 0 aromatic carbocycles. The number of rotatable bonds is 5. The minimum Gasteiger partial charge on any atom is -0.469 e. The van der Waals surface area contributed by atoms with Crippen LogP contribution in [0.4, 0.5) is 11.5 Å². The number of hydrogen-bond acceptors (Lipinski definition) is 6. The van der Waals surface area contributed by atoms with E-state index in [4.69, 9.17) is 5.73 Å². The van der Waals surface area contributed by atoms with Crippen molar-refractivity contribution < 1.29 is 9.53 Å². The monoisotopic (exact) mass is 278 g/mol. The number of piperazine rings is 1. The Morgan fingerprint density at radius 2 is 2.10 bits per heavy atom. The highest BCUT2D eigenvalue weighted by Crippen LogP contribution is 2.16.